The first kappa shape index (κ1) is 18.6. The number of likely N-dealkylation sites (N-methyl/N-ethyl adjacent to an activating group) is 1. The van der Waals surface area contributed by atoms with Crippen LogP contribution < -0.4 is 4.74 Å². The molecule has 130 valence electrons. The van der Waals surface area contributed by atoms with Crippen molar-refractivity contribution in [1.29, 1.82) is 0 Å². The summed E-state index contributed by atoms with van der Waals surface area (Å²) in [5.74, 6) is 0.187. The van der Waals surface area contributed by atoms with Gasteiger partial charge >= 0.3 is 5.97 Å². The van der Waals surface area contributed by atoms with Gasteiger partial charge in [-0.05, 0) is 31.3 Å². The van der Waals surface area contributed by atoms with Crippen molar-refractivity contribution < 1.29 is 18.7 Å². The molecule has 2 rings (SSSR count). The Bertz CT molecular complexity index is 651. The first-order valence-corrected chi connectivity index (χ1v) is 8.58. The Hall–Kier alpha value is -1.70. The van der Waals surface area contributed by atoms with E-state index >= 15 is 0 Å². The van der Waals surface area contributed by atoms with Crippen molar-refractivity contribution in [2.24, 2.45) is 0 Å². The molecule has 0 saturated carbocycles. The molecule has 0 aliphatic rings. The van der Waals surface area contributed by atoms with E-state index < -0.39 is 12.6 Å². The number of esters is 1. The van der Waals surface area contributed by atoms with Gasteiger partial charge in [0, 0.05) is 23.5 Å². The fraction of sp³-hybridized carbons (Fsp3) is 0.375. The molecule has 0 saturated heterocycles. The van der Waals surface area contributed by atoms with Crippen LogP contribution in [-0.4, -0.2) is 49.3 Å². The van der Waals surface area contributed by atoms with Crippen molar-refractivity contribution in [1.82, 2.24) is 9.88 Å². The van der Waals surface area contributed by atoms with Gasteiger partial charge in [-0.1, -0.05) is 11.6 Å². The van der Waals surface area contributed by atoms with Gasteiger partial charge < -0.3 is 14.4 Å². The van der Waals surface area contributed by atoms with Gasteiger partial charge in [-0.2, -0.15) is 0 Å². The average molecular weight is 373 g/mol. The summed E-state index contributed by atoms with van der Waals surface area (Å²) in [7, 11) is 1.77. The van der Waals surface area contributed by atoms with E-state index in [1.807, 2.05) is 0 Å². The van der Waals surface area contributed by atoms with E-state index in [0.29, 0.717) is 28.9 Å². The summed E-state index contributed by atoms with van der Waals surface area (Å²) in [6.45, 7) is 0.836. The van der Waals surface area contributed by atoms with Crippen molar-refractivity contribution in [3.8, 4) is 5.75 Å². The van der Waals surface area contributed by atoms with Crippen LogP contribution in [0.4, 0.5) is 4.39 Å². The van der Waals surface area contributed by atoms with E-state index in [9.17, 15) is 9.18 Å². The number of carbonyl (C=O) groups excluding carboxylic acids is 1. The average Bonchev–Trinajstić information content (AvgIpc) is 3.03. The van der Waals surface area contributed by atoms with Crippen LogP contribution in [0.25, 0.3) is 0 Å². The van der Waals surface area contributed by atoms with Gasteiger partial charge in [0.05, 0.1) is 0 Å². The van der Waals surface area contributed by atoms with Crippen LogP contribution in [0.5, 0.6) is 5.75 Å². The third-order valence-electron chi connectivity index (χ3n) is 3.11. The standard InChI is InChI=1S/C16H18ClFN2O3S/c1-20(7-6-18)8-9-22-16(21)14-11-24-15(19-14)10-23-13-4-2-12(17)3-5-13/h2-5,11H,6-10H2,1H3. The molecule has 24 heavy (non-hydrogen) atoms. The van der Waals surface area contributed by atoms with Crippen LogP contribution in [0.2, 0.25) is 5.02 Å². The highest BCUT2D eigenvalue weighted by Crippen LogP contribution is 2.18. The summed E-state index contributed by atoms with van der Waals surface area (Å²) < 4.78 is 22.8. The molecule has 1 aromatic carbocycles. The Kier molecular flexibility index (Phi) is 7.42. The van der Waals surface area contributed by atoms with Crippen LogP contribution in [0.3, 0.4) is 0 Å². The van der Waals surface area contributed by atoms with Crippen molar-refractivity contribution in [3.05, 3.63) is 45.4 Å². The number of nitrogens with zero attached hydrogens (tertiary/aromatic N) is 2. The van der Waals surface area contributed by atoms with Crippen LogP contribution in [-0.2, 0) is 11.3 Å². The van der Waals surface area contributed by atoms with E-state index in [2.05, 4.69) is 4.98 Å². The molecule has 0 aliphatic carbocycles. The van der Waals surface area contributed by atoms with E-state index in [0.717, 1.165) is 0 Å². The molecule has 1 aromatic heterocycles. The molecule has 0 fully saturated rings. The molecule has 0 amide bonds. The molecule has 0 radical (unpaired) electrons. The number of halogens is 2. The lowest BCUT2D eigenvalue weighted by atomic mass is 10.3. The Morgan fingerprint density at radius 2 is 2.08 bits per heavy atom. The van der Waals surface area contributed by atoms with Crippen LogP contribution >= 0.6 is 22.9 Å². The third-order valence-corrected chi connectivity index (χ3v) is 4.18. The maximum Gasteiger partial charge on any atom is 0.357 e. The maximum absolute atomic E-state index is 12.1. The topological polar surface area (TPSA) is 51.7 Å². The van der Waals surface area contributed by atoms with Gasteiger partial charge in [0.25, 0.3) is 0 Å². The van der Waals surface area contributed by atoms with Crippen LogP contribution in [0, 0.1) is 0 Å². The predicted molar refractivity (Wildman–Crippen MR) is 91.7 cm³/mol. The molecule has 0 bridgehead atoms. The Morgan fingerprint density at radius 3 is 2.79 bits per heavy atom. The van der Waals surface area contributed by atoms with E-state index in [1.54, 1.807) is 41.6 Å². The Balaban J connectivity index is 1.77. The lowest BCUT2D eigenvalue weighted by Crippen LogP contribution is -2.26. The number of hydrogen-bond acceptors (Lipinski definition) is 6. The minimum absolute atomic E-state index is 0.198. The second-order valence-corrected chi connectivity index (χ2v) is 6.38. The number of carbonyl (C=O) groups is 1. The Morgan fingerprint density at radius 1 is 1.33 bits per heavy atom. The smallest absolute Gasteiger partial charge is 0.357 e. The quantitative estimate of drug-likeness (QED) is 0.631. The van der Waals surface area contributed by atoms with Gasteiger partial charge in [0.15, 0.2) is 5.69 Å². The number of ether oxygens (including phenoxy) is 2. The van der Waals surface area contributed by atoms with E-state index in [-0.39, 0.29) is 18.9 Å². The second-order valence-electron chi connectivity index (χ2n) is 5.00. The zero-order valence-corrected chi connectivity index (χ0v) is 14.8. The van der Waals surface area contributed by atoms with Gasteiger partial charge in [0.2, 0.25) is 0 Å². The molecule has 0 spiro atoms. The summed E-state index contributed by atoms with van der Waals surface area (Å²) in [6.07, 6.45) is 0. The number of thiazole rings is 1. The normalized spacial score (nSPS) is 10.8. The molecule has 1 heterocycles. The maximum atomic E-state index is 12.1. The molecule has 0 atom stereocenters. The molecule has 0 N–H and O–H groups in total. The van der Waals surface area contributed by atoms with Crippen molar-refractivity contribution in [2.75, 3.05) is 33.4 Å². The molecular weight excluding hydrogens is 355 g/mol. The highest BCUT2D eigenvalue weighted by molar-refractivity contribution is 7.09. The summed E-state index contributed by atoms with van der Waals surface area (Å²) in [6, 6.07) is 7.00. The van der Waals surface area contributed by atoms with E-state index in [1.165, 1.54) is 11.3 Å². The van der Waals surface area contributed by atoms with Gasteiger partial charge in [-0.25, -0.2) is 14.2 Å². The first-order valence-electron chi connectivity index (χ1n) is 7.33. The molecule has 5 nitrogen and oxygen atoms in total. The number of aromatic nitrogens is 1. The molecular formula is C16H18ClFN2O3S. The van der Waals surface area contributed by atoms with Crippen molar-refractivity contribution in [3.63, 3.8) is 0 Å². The molecule has 8 heteroatoms. The number of alkyl halides is 1. The predicted octanol–water partition coefficient (Wildman–Crippen LogP) is 3.43. The minimum atomic E-state index is -0.488. The van der Waals surface area contributed by atoms with Gasteiger partial charge in [0.1, 0.15) is 30.6 Å². The number of benzene rings is 1. The van der Waals surface area contributed by atoms with Gasteiger partial charge in [-0.3, -0.25) is 0 Å². The lowest BCUT2D eigenvalue weighted by molar-refractivity contribution is 0.0465. The van der Waals surface area contributed by atoms with Crippen molar-refractivity contribution in [2.45, 2.75) is 6.61 Å². The summed E-state index contributed by atoms with van der Waals surface area (Å²) in [5, 5.41) is 2.94. The lowest BCUT2D eigenvalue weighted by Gasteiger charge is -2.13. The molecule has 2 aromatic rings. The number of rotatable bonds is 9. The fourth-order valence-corrected chi connectivity index (χ4v) is 2.57. The molecule has 0 unspecified atom stereocenters. The summed E-state index contributed by atoms with van der Waals surface area (Å²) in [4.78, 5) is 17.8. The SMILES string of the molecule is CN(CCF)CCOC(=O)c1csc(COc2ccc(Cl)cc2)n1. The zero-order valence-electron chi connectivity index (χ0n) is 13.2. The largest absolute Gasteiger partial charge is 0.486 e. The number of hydrogen-bond donors (Lipinski definition) is 0. The van der Waals surface area contributed by atoms with Crippen LogP contribution in [0.1, 0.15) is 15.5 Å². The second kappa shape index (κ2) is 9.56. The molecule has 0 aliphatic heterocycles. The summed E-state index contributed by atoms with van der Waals surface area (Å²) >= 11 is 7.13. The summed E-state index contributed by atoms with van der Waals surface area (Å²) in [5.41, 5.74) is 0.253. The van der Waals surface area contributed by atoms with Crippen molar-refractivity contribution >= 4 is 28.9 Å². The van der Waals surface area contributed by atoms with Gasteiger partial charge in [-0.15, -0.1) is 11.3 Å². The monoisotopic (exact) mass is 372 g/mol. The Labute approximate surface area is 149 Å². The zero-order chi connectivity index (χ0) is 17.4. The highest BCUT2D eigenvalue weighted by atomic mass is 35.5. The fourth-order valence-electron chi connectivity index (χ4n) is 1.77. The minimum Gasteiger partial charge on any atom is -0.486 e. The van der Waals surface area contributed by atoms with Crippen LogP contribution in [0.15, 0.2) is 29.6 Å². The third kappa shape index (κ3) is 6.07. The highest BCUT2D eigenvalue weighted by Gasteiger charge is 2.13. The first-order chi connectivity index (χ1) is 11.6. The van der Waals surface area contributed by atoms with E-state index in [4.69, 9.17) is 21.1 Å².